The predicted octanol–water partition coefficient (Wildman–Crippen LogP) is 3.35. The predicted molar refractivity (Wildman–Crippen MR) is 53.1 cm³/mol. The Morgan fingerprint density at radius 1 is 1.42 bits per heavy atom. The standard InChI is InChI=1S/C11H20O/c1-5-7-9(3)8-10(4)11(12)6-2/h7,10H,5-6,8H2,1-4H3/b9-7+. The highest BCUT2D eigenvalue weighted by molar-refractivity contribution is 5.80. The van der Waals surface area contributed by atoms with Gasteiger partial charge in [0.05, 0.1) is 0 Å². The fraction of sp³-hybridized carbons (Fsp3) is 0.727. The topological polar surface area (TPSA) is 17.1 Å². The normalized spacial score (nSPS) is 14.5. The first-order valence-electron chi connectivity index (χ1n) is 4.80. The summed E-state index contributed by atoms with van der Waals surface area (Å²) < 4.78 is 0. The highest BCUT2D eigenvalue weighted by Gasteiger charge is 2.10. The van der Waals surface area contributed by atoms with E-state index in [2.05, 4.69) is 19.9 Å². The summed E-state index contributed by atoms with van der Waals surface area (Å²) in [5.74, 6) is 0.580. The zero-order valence-electron chi connectivity index (χ0n) is 8.68. The Labute approximate surface area is 75.9 Å². The number of carbonyl (C=O) groups is 1. The summed E-state index contributed by atoms with van der Waals surface area (Å²) in [6.45, 7) is 8.16. The molecule has 0 amide bonds. The minimum Gasteiger partial charge on any atom is -0.299 e. The third-order valence-electron chi connectivity index (χ3n) is 2.08. The molecule has 1 nitrogen and oxygen atoms in total. The van der Waals surface area contributed by atoms with Crippen LogP contribution in [0.25, 0.3) is 0 Å². The average Bonchev–Trinajstić information content (AvgIpc) is 2.03. The lowest BCUT2D eigenvalue weighted by Crippen LogP contribution is -2.09. The Kier molecular flexibility index (Phi) is 5.69. The van der Waals surface area contributed by atoms with E-state index in [1.165, 1.54) is 5.57 Å². The molecule has 0 rings (SSSR count). The Balaban J connectivity index is 3.91. The van der Waals surface area contributed by atoms with Gasteiger partial charge in [0.2, 0.25) is 0 Å². The van der Waals surface area contributed by atoms with Crippen molar-refractivity contribution in [2.24, 2.45) is 5.92 Å². The van der Waals surface area contributed by atoms with Gasteiger partial charge in [-0.15, -0.1) is 0 Å². The van der Waals surface area contributed by atoms with Crippen LogP contribution in [0.3, 0.4) is 0 Å². The summed E-state index contributed by atoms with van der Waals surface area (Å²) in [5.41, 5.74) is 1.34. The number of rotatable bonds is 5. The lowest BCUT2D eigenvalue weighted by Gasteiger charge is -2.08. The van der Waals surface area contributed by atoms with Crippen LogP contribution < -0.4 is 0 Å². The van der Waals surface area contributed by atoms with Crippen LogP contribution in [0.15, 0.2) is 11.6 Å². The monoisotopic (exact) mass is 168 g/mol. The van der Waals surface area contributed by atoms with Crippen LogP contribution in [-0.2, 0) is 4.79 Å². The van der Waals surface area contributed by atoms with Gasteiger partial charge in [-0.2, -0.15) is 0 Å². The van der Waals surface area contributed by atoms with Crippen molar-refractivity contribution in [1.82, 2.24) is 0 Å². The lowest BCUT2D eigenvalue weighted by atomic mass is 9.96. The van der Waals surface area contributed by atoms with Gasteiger partial charge in [0.25, 0.3) is 0 Å². The van der Waals surface area contributed by atoms with Crippen molar-refractivity contribution in [3.63, 3.8) is 0 Å². The molecule has 1 unspecified atom stereocenters. The SMILES string of the molecule is CC/C=C(\C)CC(C)C(=O)CC. The quantitative estimate of drug-likeness (QED) is 0.575. The van der Waals surface area contributed by atoms with Crippen LogP contribution in [0.2, 0.25) is 0 Å². The third-order valence-corrected chi connectivity index (χ3v) is 2.08. The van der Waals surface area contributed by atoms with Crippen molar-refractivity contribution >= 4 is 5.78 Å². The Bertz CT molecular complexity index is 168. The molecule has 0 aromatic carbocycles. The summed E-state index contributed by atoms with van der Waals surface area (Å²) in [6.07, 6.45) is 4.86. The molecule has 0 bridgehead atoms. The van der Waals surface area contributed by atoms with Gasteiger partial charge in [-0.25, -0.2) is 0 Å². The van der Waals surface area contributed by atoms with Gasteiger partial charge in [-0.3, -0.25) is 4.79 Å². The Morgan fingerprint density at radius 3 is 2.42 bits per heavy atom. The molecule has 0 radical (unpaired) electrons. The number of carbonyl (C=O) groups excluding carboxylic acids is 1. The van der Waals surface area contributed by atoms with Crippen LogP contribution in [0, 0.1) is 5.92 Å². The molecule has 0 fully saturated rings. The lowest BCUT2D eigenvalue weighted by molar-refractivity contribution is -0.122. The van der Waals surface area contributed by atoms with Crippen LogP contribution in [0.1, 0.15) is 47.0 Å². The van der Waals surface area contributed by atoms with E-state index in [9.17, 15) is 4.79 Å². The van der Waals surface area contributed by atoms with Crippen molar-refractivity contribution in [3.8, 4) is 0 Å². The van der Waals surface area contributed by atoms with E-state index in [0.717, 1.165) is 12.8 Å². The van der Waals surface area contributed by atoms with Crippen LogP contribution in [0.5, 0.6) is 0 Å². The maximum atomic E-state index is 11.2. The zero-order chi connectivity index (χ0) is 9.56. The van der Waals surface area contributed by atoms with Crippen LogP contribution >= 0.6 is 0 Å². The minimum absolute atomic E-state index is 0.206. The van der Waals surface area contributed by atoms with Crippen molar-refractivity contribution in [3.05, 3.63) is 11.6 Å². The van der Waals surface area contributed by atoms with Crippen molar-refractivity contribution < 1.29 is 4.79 Å². The summed E-state index contributed by atoms with van der Waals surface area (Å²) in [4.78, 5) is 11.2. The zero-order valence-corrected chi connectivity index (χ0v) is 8.68. The fourth-order valence-electron chi connectivity index (χ4n) is 1.38. The average molecular weight is 168 g/mol. The highest BCUT2D eigenvalue weighted by atomic mass is 16.1. The smallest absolute Gasteiger partial charge is 0.135 e. The van der Waals surface area contributed by atoms with Crippen molar-refractivity contribution in [1.29, 1.82) is 0 Å². The van der Waals surface area contributed by atoms with Gasteiger partial charge in [0.15, 0.2) is 0 Å². The van der Waals surface area contributed by atoms with Crippen molar-refractivity contribution in [2.45, 2.75) is 47.0 Å². The summed E-state index contributed by atoms with van der Waals surface area (Å²) in [5, 5.41) is 0. The summed E-state index contributed by atoms with van der Waals surface area (Å²) in [7, 11) is 0. The summed E-state index contributed by atoms with van der Waals surface area (Å²) >= 11 is 0. The van der Waals surface area contributed by atoms with Gasteiger partial charge >= 0.3 is 0 Å². The molecule has 0 aromatic rings. The van der Waals surface area contributed by atoms with Crippen LogP contribution in [-0.4, -0.2) is 5.78 Å². The fourth-order valence-corrected chi connectivity index (χ4v) is 1.38. The van der Waals surface area contributed by atoms with E-state index >= 15 is 0 Å². The third kappa shape index (κ3) is 4.32. The van der Waals surface area contributed by atoms with Crippen molar-refractivity contribution in [2.75, 3.05) is 0 Å². The van der Waals surface area contributed by atoms with Gasteiger partial charge in [-0.05, 0) is 19.8 Å². The number of hydrogen-bond acceptors (Lipinski definition) is 1. The molecule has 12 heavy (non-hydrogen) atoms. The molecule has 0 aliphatic carbocycles. The second-order valence-electron chi connectivity index (χ2n) is 3.38. The van der Waals surface area contributed by atoms with E-state index in [1.54, 1.807) is 0 Å². The molecule has 0 saturated carbocycles. The molecule has 0 aliphatic heterocycles. The van der Waals surface area contributed by atoms with Gasteiger partial charge in [0.1, 0.15) is 5.78 Å². The molecule has 0 aromatic heterocycles. The van der Waals surface area contributed by atoms with Gasteiger partial charge in [0, 0.05) is 12.3 Å². The molecule has 70 valence electrons. The molecular formula is C11H20O. The second kappa shape index (κ2) is 5.99. The molecule has 0 spiro atoms. The number of allylic oxidation sites excluding steroid dienone is 2. The molecular weight excluding hydrogens is 148 g/mol. The first-order valence-corrected chi connectivity index (χ1v) is 4.80. The first-order chi connectivity index (χ1) is 5.61. The van der Waals surface area contributed by atoms with E-state index < -0.39 is 0 Å². The second-order valence-corrected chi connectivity index (χ2v) is 3.38. The number of hydrogen-bond donors (Lipinski definition) is 0. The first kappa shape index (κ1) is 11.4. The molecule has 1 atom stereocenters. The molecule has 0 saturated heterocycles. The highest BCUT2D eigenvalue weighted by Crippen LogP contribution is 2.13. The van der Waals surface area contributed by atoms with E-state index in [0.29, 0.717) is 12.2 Å². The summed E-state index contributed by atoms with van der Waals surface area (Å²) in [6, 6.07) is 0. The van der Waals surface area contributed by atoms with E-state index in [4.69, 9.17) is 0 Å². The molecule has 0 heterocycles. The molecule has 0 aliphatic rings. The van der Waals surface area contributed by atoms with Gasteiger partial charge < -0.3 is 0 Å². The molecule has 1 heteroatoms. The Hall–Kier alpha value is -0.590. The number of ketones is 1. The van der Waals surface area contributed by atoms with Gasteiger partial charge in [-0.1, -0.05) is 32.4 Å². The Morgan fingerprint density at radius 2 is 2.00 bits per heavy atom. The minimum atomic E-state index is 0.206. The van der Waals surface area contributed by atoms with E-state index in [-0.39, 0.29) is 5.92 Å². The number of Topliss-reactive ketones (excluding diaryl/α,β-unsaturated/α-hetero) is 1. The van der Waals surface area contributed by atoms with Crippen LogP contribution in [0.4, 0.5) is 0 Å². The maximum Gasteiger partial charge on any atom is 0.135 e. The molecule has 0 N–H and O–H groups in total. The van der Waals surface area contributed by atoms with E-state index in [1.807, 2.05) is 13.8 Å². The maximum absolute atomic E-state index is 11.2. The largest absolute Gasteiger partial charge is 0.299 e.